The molecule has 0 aliphatic carbocycles. The summed E-state index contributed by atoms with van der Waals surface area (Å²) in [5.74, 6) is 1.43. The average Bonchev–Trinajstić information content (AvgIpc) is 2.64. The largest absolute Gasteiger partial charge is 0.329 e. The van der Waals surface area contributed by atoms with Gasteiger partial charge in [0.05, 0.1) is 12.2 Å². The third-order valence-corrected chi connectivity index (χ3v) is 3.73. The number of halogens is 1. The quantitative estimate of drug-likeness (QED) is 0.944. The Balaban J connectivity index is 2.45. The normalized spacial score (nSPS) is 11.2. The lowest BCUT2D eigenvalue weighted by Gasteiger charge is -2.08. The van der Waals surface area contributed by atoms with Gasteiger partial charge in [-0.1, -0.05) is 38.1 Å². The zero-order valence-corrected chi connectivity index (χ0v) is 12.5. The van der Waals surface area contributed by atoms with E-state index in [1.54, 1.807) is 0 Å². The molecule has 0 saturated heterocycles. The number of nitrogens with zero attached hydrogens (tertiary/aromatic N) is 2. The first-order chi connectivity index (χ1) is 8.54. The minimum absolute atomic E-state index is 0.444. The van der Waals surface area contributed by atoms with E-state index in [1.807, 2.05) is 11.6 Å². The molecule has 0 amide bonds. The molecule has 3 nitrogen and oxygen atoms in total. The van der Waals surface area contributed by atoms with Crippen molar-refractivity contribution in [3.05, 3.63) is 40.3 Å². The molecule has 1 heterocycles. The van der Waals surface area contributed by atoms with E-state index in [9.17, 15) is 0 Å². The molecule has 0 fully saturated rings. The summed E-state index contributed by atoms with van der Waals surface area (Å²) in [6, 6.07) is 8.61. The topological polar surface area (TPSA) is 43.8 Å². The molecule has 18 heavy (non-hydrogen) atoms. The van der Waals surface area contributed by atoms with Gasteiger partial charge in [0.25, 0.3) is 0 Å². The van der Waals surface area contributed by atoms with Crippen LogP contribution in [0.4, 0.5) is 0 Å². The molecule has 1 aromatic heterocycles. The zero-order chi connectivity index (χ0) is 13.3. The maximum atomic E-state index is 5.67. The summed E-state index contributed by atoms with van der Waals surface area (Å²) < 4.78 is 2.89. The maximum absolute atomic E-state index is 5.67. The van der Waals surface area contributed by atoms with Crippen LogP contribution in [0.15, 0.2) is 28.9 Å². The number of rotatable bonds is 3. The minimum atomic E-state index is 0.444. The molecule has 96 valence electrons. The third-order valence-electron chi connectivity index (χ3n) is 3.18. The SMILES string of the molecule is CC(C)c1ccc(-c2c(Br)nc(CN)n2C)cc1. The summed E-state index contributed by atoms with van der Waals surface area (Å²) in [7, 11) is 1.99. The van der Waals surface area contributed by atoms with Crippen molar-refractivity contribution in [3.8, 4) is 11.3 Å². The van der Waals surface area contributed by atoms with Crippen LogP contribution in [0.2, 0.25) is 0 Å². The van der Waals surface area contributed by atoms with E-state index in [-0.39, 0.29) is 0 Å². The average molecular weight is 308 g/mol. The van der Waals surface area contributed by atoms with Crippen molar-refractivity contribution in [2.24, 2.45) is 12.8 Å². The van der Waals surface area contributed by atoms with Crippen molar-refractivity contribution >= 4 is 15.9 Å². The monoisotopic (exact) mass is 307 g/mol. The van der Waals surface area contributed by atoms with Crippen LogP contribution < -0.4 is 5.73 Å². The van der Waals surface area contributed by atoms with Crippen LogP contribution in [0.3, 0.4) is 0 Å². The maximum Gasteiger partial charge on any atom is 0.132 e. The van der Waals surface area contributed by atoms with Gasteiger partial charge in [0, 0.05) is 12.6 Å². The highest BCUT2D eigenvalue weighted by molar-refractivity contribution is 9.10. The van der Waals surface area contributed by atoms with E-state index in [0.29, 0.717) is 12.5 Å². The number of aromatic nitrogens is 2. The Kier molecular flexibility index (Phi) is 3.88. The molecule has 0 atom stereocenters. The fourth-order valence-corrected chi connectivity index (χ4v) is 2.73. The van der Waals surface area contributed by atoms with Gasteiger partial charge < -0.3 is 10.3 Å². The van der Waals surface area contributed by atoms with Crippen molar-refractivity contribution in [1.82, 2.24) is 9.55 Å². The van der Waals surface area contributed by atoms with Crippen molar-refractivity contribution in [1.29, 1.82) is 0 Å². The molecule has 2 N–H and O–H groups in total. The van der Waals surface area contributed by atoms with Crippen LogP contribution in [0.25, 0.3) is 11.3 Å². The van der Waals surface area contributed by atoms with E-state index in [4.69, 9.17) is 5.73 Å². The van der Waals surface area contributed by atoms with Crippen LogP contribution >= 0.6 is 15.9 Å². The van der Waals surface area contributed by atoms with Gasteiger partial charge >= 0.3 is 0 Å². The zero-order valence-electron chi connectivity index (χ0n) is 10.9. The summed E-state index contributed by atoms with van der Waals surface area (Å²) in [5, 5.41) is 0. The van der Waals surface area contributed by atoms with Gasteiger partial charge in [-0.15, -0.1) is 0 Å². The van der Waals surface area contributed by atoms with Crippen molar-refractivity contribution < 1.29 is 0 Å². The Morgan fingerprint density at radius 2 is 1.89 bits per heavy atom. The van der Waals surface area contributed by atoms with Crippen molar-refractivity contribution in [3.63, 3.8) is 0 Å². The third kappa shape index (κ3) is 2.35. The molecular weight excluding hydrogens is 290 g/mol. The number of hydrogen-bond donors (Lipinski definition) is 1. The van der Waals surface area contributed by atoms with Gasteiger partial charge in [-0.2, -0.15) is 0 Å². The molecule has 0 radical (unpaired) electrons. The highest BCUT2D eigenvalue weighted by Crippen LogP contribution is 2.29. The summed E-state index contributed by atoms with van der Waals surface area (Å²) in [4.78, 5) is 4.42. The smallest absolute Gasteiger partial charge is 0.132 e. The molecular formula is C14H18BrN3. The van der Waals surface area contributed by atoms with E-state index < -0.39 is 0 Å². The molecule has 0 spiro atoms. The first-order valence-corrected chi connectivity index (χ1v) is 6.85. The van der Waals surface area contributed by atoms with E-state index >= 15 is 0 Å². The number of imidazole rings is 1. The molecule has 4 heteroatoms. The summed E-state index contributed by atoms with van der Waals surface area (Å²) in [6.07, 6.45) is 0. The highest BCUT2D eigenvalue weighted by atomic mass is 79.9. The summed E-state index contributed by atoms with van der Waals surface area (Å²) in [5.41, 5.74) is 9.24. The number of hydrogen-bond acceptors (Lipinski definition) is 2. The van der Waals surface area contributed by atoms with E-state index in [2.05, 4.69) is 59.0 Å². The van der Waals surface area contributed by atoms with Gasteiger partial charge in [0.15, 0.2) is 0 Å². The Morgan fingerprint density at radius 1 is 1.28 bits per heavy atom. The molecule has 0 unspecified atom stereocenters. The van der Waals surface area contributed by atoms with Gasteiger partial charge in [-0.3, -0.25) is 0 Å². The number of benzene rings is 1. The molecule has 1 aromatic carbocycles. The molecule has 0 aliphatic heterocycles. The predicted molar refractivity (Wildman–Crippen MR) is 78.3 cm³/mol. The summed E-state index contributed by atoms with van der Waals surface area (Å²) >= 11 is 3.51. The molecule has 0 saturated carbocycles. The van der Waals surface area contributed by atoms with Crippen molar-refractivity contribution in [2.75, 3.05) is 0 Å². The van der Waals surface area contributed by atoms with E-state index in [0.717, 1.165) is 21.7 Å². The van der Waals surface area contributed by atoms with Crippen LogP contribution in [-0.2, 0) is 13.6 Å². The van der Waals surface area contributed by atoms with Crippen LogP contribution in [0.5, 0.6) is 0 Å². The standard InChI is InChI=1S/C14H18BrN3/c1-9(2)10-4-6-11(7-5-10)13-14(15)17-12(8-16)18(13)3/h4-7,9H,8,16H2,1-3H3. The van der Waals surface area contributed by atoms with E-state index in [1.165, 1.54) is 5.56 Å². The molecule has 0 bridgehead atoms. The van der Waals surface area contributed by atoms with Gasteiger partial charge in [-0.05, 0) is 27.4 Å². The Labute approximate surface area is 116 Å². The lowest BCUT2D eigenvalue weighted by Crippen LogP contribution is -2.05. The predicted octanol–water partition coefficient (Wildman–Crippen LogP) is 3.43. The first kappa shape index (κ1) is 13.3. The summed E-state index contributed by atoms with van der Waals surface area (Å²) in [6.45, 7) is 4.84. The fourth-order valence-electron chi connectivity index (χ4n) is 2.03. The molecule has 2 rings (SSSR count). The highest BCUT2D eigenvalue weighted by Gasteiger charge is 2.13. The first-order valence-electron chi connectivity index (χ1n) is 6.06. The Morgan fingerprint density at radius 3 is 2.33 bits per heavy atom. The minimum Gasteiger partial charge on any atom is -0.329 e. The fraction of sp³-hybridized carbons (Fsp3) is 0.357. The van der Waals surface area contributed by atoms with Crippen LogP contribution in [0, 0.1) is 0 Å². The van der Waals surface area contributed by atoms with Gasteiger partial charge in [0.2, 0.25) is 0 Å². The number of nitrogens with two attached hydrogens (primary N) is 1. The van der Waals surface area contributed by atoms with Gasteiger partial charge in [-0.25, -0.2) is 4.98 Å². The van der Waals surface area contributed by atoms with Gasteiger partial charge in [0.1, 0.15) is 10.4 Å². The second-order valence-corrected chi connectivity index (χ2v) is 5.46. The Bertz CT molecular complexity index is 541. The lowest BCUT2D eigenvalue weighted by atomic mass is 10.0. The van der Waals surface area contributed by atoms with Crippen LogP contribution in [0.1, 0.15) is 31.2 Å². The van der Waals surface area contributed by atoms with Crippen molar-refractivity contribution in [2.45, 2.75) is 26.3 Å². The molecule has 2 aromatic rings. The second kappa shape index (κ2) is 5.24. The van der Waals surface area contributed by atoms with Crippen LogP contribution in [-0.4, -0.2) is 9.55 Å². The lowest BCUT2D eigenvalue weighted by molar-refractivity contribution is 0.798. The second-order valence-electron chi connectivity index (χ2n) is 4.71. The molecule has 0 aliphatic rings. The Hall–Kier alpha value is -1.13.